The minimum absolute atomic E-state index is 0. The lowest BCUT2D eigenvalue weighted by Crippen LogP contribution is -2.46. The van der Waals surface area contributed by atoms with Crippen LogP contribution < -0.4 is 5.32 Å². The Morgan fingerprint density at radius 3 is 2.58 bits per heavy atom. The molecule has 0 saturated carbocycles. The van der Waals surface area contributed by atoms with Gasteiger partial charge in [0, 0.05) is 26.2 Å². The van der Waals surface area contributed by atoms with Crippen molar-refractivity contribution in [2.75, 3.05) is 32.8 Å². The van der Waals surface area contributed by atoms with Gasteiger partial charge in [0.15, 0.2) is 0 Å². The quantitative estimate of drug-likeness (QED) is 0.729. The molecule has 1 aliphatic rings. The van der Waals surface area contributed by atoms with E-state index in [4.69, 9.17) is 4.74 Å². The topological polar surface area (TPSA) is 41.6 Å². The zero-order chi connectivity index (χ0) is 8.10. The van der Waals surface area contributed by atoms with Gasteiger partial charge in [0.05, 0.1) is 6.61 Å². The van der Waals surface area contributed by atoms with Gasteiger partial charge in [-0.2, -0.15) is 0 Å². The smallest absolute Gasteiger partial charge is 0.409 e. The zero-order valence-corrected chi connectivity index (χ0v) is 8.92. The zero-order valence-electron chi connectivity index (χ0n) is 7.21. The molecular formula is C7H15BrN2O2. The molecule has 0 bridgehead atoms. The van der Waals surface area contributed by atoms with Crippen LogP contribution in [-0.4, -0.2) is 43.8 Å². The molecule has 0 aliphatic carbocycles. The van der Waals surface area contributed by atoms with Crippen LogP contribution in [0.5, 0.6) is 0 Å². The summed E-state index contributed by atoms with van der Waals surface area (Å²) >= 11 is 0. The van der Waals surface area contributed by atoms with Crippen molar-refractivity contribution in [3.05, 3.63) is 0 Å². The van der Waals surface area contributed by atoms with Gasteiger partial charge in [-0.05, 0) is 6.92 Å². The van der Waals surface area contributed by atoms with Gasteiger partial charge in [-0.3, -0.25) is 0 Å². The number of hydrogen-bond donors (Lipinski definition) is 1. The highest BCUT2D eigenvalue weighted by molar-refractivity contribution is 8.93. The predicted octanol–water partition coefficient (Wildman–Crippen LogP) is 0.626. The van der Waals surface area contributed by atoms with Gasteiger partial charge < -0.3 is 15.0 Å². The summed E-state index contributed by atoms with van der Waals surface area (Å²) in [5.41, 5.74) is 0. The first-order valence-corrected chi connectivity index (χ1v) is 3.97. The number of carbonyl (C=O) groups excluding carboxylic acids is 1. The van der Waals surface area contributed by atoms with E-state index in [0.717, 1.165) is 26.2 Å². The van der Waals surface area contributed by atoms with Crippen molar-refractivity contribution in [1.82, 2.24) is 10.2 Å². The number of carbonyl (C=O) groups is 1. The predicted molar refractivity (Wildman–Crippen MR) is 51.8 cm³/mol. The van der Waals surface area contributed by atoms with Crippen LogP contribution in [-0.2, 0) is 4.74 Å². The molecule has 12 heavy (non-hydrogen) atoms. The summed E-state index contributed by atoms with van der Waals surface area (Å²) in [6.07, 6.45) is -0.186. The number of halogens is 1. The van der Waals surface area contributed by atoms with Gasteiger partial charge in [-0.25, -0.2) is 4.79 Å². The Hall–Kier alpha value is -0.290. The number of nitrogens with zero attached hydrogens (tertiary/aromatic N) is 1. The molecule has 0 aromatic heterocycles. The molecule has 1 aliphatic heterocycles. The monoisotopic (exact) mass is 238 g/mol. The maximum absolute atomic E-state index is 11.1. The molecule has 72 valence electrons. The molecule has 0 spiro atoms. The lowest BCUT2D eigenvalue weighted by molar-refractivity contribution is 0.102. The van der Waals surface area contributed by atoms with Crippen LogP contribution in [0.2, 0.25) is 0 Å². The van der Waals surface area contributed by atoms with E-state index in [1.165, 1.54) is 0 Å². The van der Waals surface area contributed by atoms with E-state index in [-0.39, 0.29) is 23.1 Å². The third kappa shape index (κ3) is 3.40. The first kappa shape index (κ1) is 11.7. The summed E-state index contributed by atoms with van der Waals surface area (Å²) < 4.78 is 4.84. The average molecular weight is 239 g/mol. The molecule has 0 unspecified atom stereocenters. The molecule has 5 heteroatoms. The van der Waals surface area contributed by atoms with Gasteiger partial charge in [-0.1, -0.05) is 0 Å². The maximum Gasteiger partial charge on any atom is 0.409 e. The second-order valence-corrected chi connectivity index (χ2v) is 2.44. The molecule has 1 rings (SSSR count). The van der Waals surface area contributed by atoms with Crippen molar-refractivity contribution in [1.29, 1.82) is 0 Å². The number of piperazine rings is 1. The van der Waals surface area contributed by atoms with E-state index in [1.807, 2.05) is 6.92 Å². The second-order valence-electron chi connectivity index (χ2n) is 2.44. The Kier molecular flexibility index (Phi) is 6.10. The molecular weight excluding hydrogens is 224 g/mol. The fourth-order valence-electron chi connectivity index (χ4n) is 1.06. The van der Waals surface area contributed by atoms with Crippen LogP contribution in [0.1, 0.15) is 6.92 Å². The summed E-state index contributed by atoms with van der Waals surface area (Å²) in [4.78, 5) is 12.8. The summed E-state index contributed by atoms with van der Waals surface area (Å²) in [6.45, 7) is 5.55. The summed E-state index contributed by atoms with van der Waals surface area (Å²) in [5.74, 6) is 0. The number of amides is 1. The number of ether oxygens (including phenoxy) is 1. The van der Waals surface area contributed by atoms with Crippen molar-refractivity contribution in [2.45, 2.75) is 6.92 Å². The summed E-state index contributed by atoms with van der Waals surface area (Å²) in [6, 6.07) is 0. The molecule has 1 N–H and O–H groups in total. The van der Waals surface area contributed by atoms with Crippen molar-refractivity contribution in [2.24, 2.45) is 0 Å². The molecule has 1 fully saturated rings. The highest BCUT2D eigenvalue weighted by Gasteiger charge is 2.15. The van der Waals surface area contributed by atoms with Gasteiger partial charge in [-0.15, -0.1) is 17.0 Å². The minimum atomic E-state index is -0.186. The third-order valence-electron chi connectivity index (χ3n) is 1.64. The Labute approximate surface area is 83.0 Å². The normalized spacial score (nSPS) is 16.6. The van der Waals surface area contributed by atoms with Crippen LogP contribution in [0.25, 0.3) is 0 Å². The molecule has 0 aromatic rings. The fourth-order valence-corrected chi connectivity index (χ4v) is 1.06. The summed E-state index contributed by atoms with van der Waals surface area (Å²) in [7, 11) is 0. The maximum atomic E-state index is 11.1. The Morgan fingerprint density at radius 1 is 1.50 bits per heavy atom. The highest BCUT2D eigenvalue weighted by atomic mass is 79.9. The molecule has 1 amide bonds. The van der Waals surface area contributed by atoms with Crippen LogP contribution >= 0.6 is 17.0 Å². The number of hydrogen-bond acceptors (Lipinski definition) is 3. The lowest BCUT2D eigenvalue weighted by atomic mass is 10.4. The highest BCUT2D eigenvalue weighted by Crippen LogP contribution is 1.95. The van der Waals surface area contributed by atoms with E-state index < -0.39 is 0 Å². The number of nitrogens with one attached hydrogen (secondary N) is 1. The van der Waals surface area contributed by atoms with Gasteiger partial charge in [0.25, 0.3) is 0 Å². The van der Waals surface area contributed by atoms with E-state index in [0.29, 0.717) is 6.61 Å². The fraction of sp³-hybridized carbons (Fsp3) is 0.857. The van der Waals surface area contributed by atoms with E-state index in [1.54, 1.807) is 4.90 Å². The largest absolute Gasteiger partial charge is 0.450 e. The van der Waals surface area contributed by atoms with Crippen LogP contribution in [0.3, 0.4) is 0 Å². The molecule has 0 atom stereocenters. The van der Waals surface area contributed by atoms with E-state index >= 15 is 0 Å². The van der Waals surface area contributed by atoms with E-state index in [9.17, 15) is 4.79 Å². The van der Waals surface area contributed by atoms with Gasteiger partial charge in [0.1, 0.15) is 0 Å². The van der Waals surface area contributed by atoms with Gasteiger partial charge in [0.2, 0.25) is 0 Å². The van der Waals surface area contributed by atoms with E-state index in [2.05, 4.69) is 5.32 Å². The van der Waals surface area contributed by atoms with Crippen LogP contribution in [0.15, 0.2) is 0 Å². The summed E-state index contributed by atoms with van der Waals surface area (Å²) in [5, 5.41) is 3.16. The first-order chi connectivity index (χ1) is 5.34. The minimum Gasteiger partial charge on any atom is -0.450 e. The third-order valence-corrected chi connectivity index (χ3v) is 1.64. The molecule has 0 aromatic carbocycles. The first-order valence-electron chi connectivity index (χ1n) is 3.97. The van der Waals surface area contributed by atoms with Crippen molar-refractivity contribution >= 4 is 23.1 Å². The average Bonchev–Trinajstić information content (AvgIpc) is 2.07. The lowest BCUT2D eigenvalue weighted by Gasteiger charge is -2.26. The molecule has 0 radical (unpaired) electrons. The number of rotatable bonds is 1. The van der Waals surface area contributed by atoms with Crippen molar-refractivity contribution in [3.63, 3.8) is 0 Å². The SMILES string of the molecule is Br.CCOC(=O)N1CCNCC1. The van der Waals surface area contributed by atoms with Crippen molar-refractivity contribution < 1.29 is 9.53 Å². The molecule has 1 saturated heterocycles. The van der Waals surface area contributed by atoms with Gasteiger partial charge >= 0.3 is 6.09 Å². The standard InChI is InChI=1S/C7H14N2O2.BrH/c1-2-11-7(10)9-5-3-8-4-6-9;/h8H,2-6H2,1H3;1H. The molecule has 1 heterocycles. The van der Waals surface area contributed by atoms with Crippen LogP contribution in [0.4, 0.5) is 4.79 Å². The van der Waals surface area contributed by atoms with Crippen molar-refractivity contribution in [3.8, 4) is 0 Å². The Balaban J connectivity index is 0.00000121. The van der Waals surface area contributed by atoms with Crippen LogP contribution in [0, 0.1) is 0 Å². The Bertz CT molecular complexity index is 137. The molecule has 4 nitrogen and oxygen atoms in total. The second kappa shape index (κ2) is 6.25. The Morgan fingerprint density at radius 2 is 2.08 bits per heavy atom.